The molecule has 2 heteroatoms. The van der Waals surface area contributed by atoms with Crippen molar-refractivity contribution in [1.29, 1.82) is 0 Å². The van der Waals surface area contributed by atoms with Crippen LogP contribution in [0.15, 0.2) is 60.7 Å². The van der Waals surface area contributed by atoms with Crippen molar-refractivity contribution in [2.75, 3.05) is 6.54 Å². The Labute approximate surface area is 150 Å². The lowest BCUT2D eigenvalue weighted by molar-refractivity contribution is -0.143. The lowest BCUT2D eigenvalue weighted by atomic mass is 9.69. The van der Waals surface area contributed by atoms with E-state index in [4.69, 9.17) is 0 Å². The van der Waals surface area contributed by atoms with Gasteiger partial charge in [0.15, 0.2) is 5.78 Å². The van der Waals surface area contributed by atoms with Gasteiger partial charge in [-0.25, -0.2) is 0 Å². The van der Waals surface area contributed by atoms with Gasteiger partial charge in [0.05, 0.1) is 6.04 Å². The van der Waals surface area contributed by atoms with E-state index in [9.17, 15) is 4.79 Å². The molecule has 0 radical (unpaired) electrons. The van der Waals surface area contributed by atoms with Crippen molar-refractivity contribution in [3.05, 3.63) is 71.8 Å². The van der Waals surface area contributed by atoms with Crippen LogP contribution in [0.3, 0.4) is 0 Å². The lowest BCUT2D eigenvalue weighted by Gasteiger charge is -2.53. The molecule has 0 aromatic heterocycles. The average Bonchev–Trinajstić information content (AvgIpc) is 2.66. The van der Waals surface area contributed by atoms with Crippen molar-refractivity contribution < 1.29 is 4.79 Å². The number of carbonyl (C=O) groups is 1. The van der Waals surface area contributed by atoms with E-state index >= 15 is 0 Å². The molecule has 2 aromatic carbocycles. The zero-order chi connectivity index (χ0) is 17.4. The molecule has 130 valence electrons. The largest absolute Gasteiger partial charge is 0.298 e. The fourth-order valence-electron chi connectivity index (χ4n) is 4.91. The molecule has 0 amide bonds. The lowest BCUT2D eigenvalue weighted by Crippen LogP contribution is -2.63. The summed E-state index contributed by atoms with van der Waals surface area (Å²) in [5.74, 6) is 1.42. The second kappa shape index (κ2) is 6.76. The molecule has 0 saturated carbocycles. The molecule has 0 aliphatic carbocycles. The molecule has 25 heavy (non-hydrogen) atoms. The number of hydrogen-bond acceptors (Lipinski definition) is 2. The molecule has 5 rings (SSSR count). The van der Waals surface area contributed by atoms with Crippen molar-refractivity contribution in [3.8, 4) is 0 Å². The van der Waals surface area contributed by atoms with E-state index in [2.05, 4.69) is 79.4 Å². The number of benzene rings is 2. The van der Waals surface area contributed by atoms with E-state index in [0.717, 1.165) is 19.4 Å². The Morgan fingerprint density at radius 3 is 2.00 bits per heavy atom. The van der Waals surface area contributed by atoms with Crippen LogP contribution < -0.4 is 0 Å². The normalized spacial score (nSPS) is 28.7. The van der Waals surface area contributed by atoms with Gasteiger partial charge in [0, 0.05) is 17.9 Å². The van der Waals surface area contributed by atoms with Crippen molar-refractivity contribution in [2.24, 2.45) is 11.8 Å². The predicted molar refractivity (Wildman–Crippen MR) is 102 cm³/mol. The molecule has 0 N–H and O–H groups in total. The first kappa shape index (κ1) is 16.5. The summed E-state index contributed by atoms with van der Waals surface area (Å²) in [4.78, 5) is 15.8. The predicted octanol–water partition coefficient (Wildman–Crippen LogP) is 4.51. The Bertz CT molecular complexity index is 685. The third kappa shape index (κ3) is 2.93. The van der Waals surface area contributed by atoms with Gasteiger partial charge in [-0.15, -0.1) is 0 Å². The second-order valence-electron chi connectivity index (χ2n) is 7.92. The summed E-state index contributed by atoms with van der Waals surface area (Å²) in [6.07, 6.45) is 2.08. The third-order valence-corrected chi connectivity index (χ3v) is 6.14. The van der Waals surface area contributed by atoms with Gasteiger partial charge in [-0.1, -0.05) is 74.5 Å². The Morgan fingerprint density at radius 1 is 0.920 bits per heavy atom. The highest BCUT2D eigenvalue weighted by atomic mass is 16.1. The van der Waals surface area contributed by atoms with E-state index < -0.39 is 0 Å². The summed E-state index contributed by atoms with van der Waals surface area (Å²) in [5, 5.41) is 0. The van der Waals surface area contributed by atoms with Gasteiger partial charge >= 0.3 is 0 Å². The first-order valence-electron chi connectivity index (χ1n) is 9.56. The number of piperidine rings is 3. The van der Waals surface area contributed by atoms with Crippen LogP contribution >= 0.6 is 0 Å². The zero-order valence-electron chi connectivity index (χ0n) is 15.1. The number of fused-ring (bicyclic) bond motifs is 3. The van der Waals surface area contributed by atoms with Crippen LogP contribution in [0.2, 0.25) is 0 Å². The minimum atomic E-state index is -0.0234. The number of Topliss-reactive ketones (excluding diaryl/α,β-unsaturated/α-hetero) is 1. The number of hydrogen-bond donors (Lipinski definition) is 0. The molecule has 3 aliphatic heterocycles. The number of rotatable bonds is 4. The van der Waals surface area contributed by atoms with Crippen molar-refractivity contribution >= 4 is 5.78 Å². The van der Waals surface area contributed by atoms with Gasteiger partial charge < -0.3 is 0 Å². The van der Waals surface area contributed by atoms with E-state index in [1.807, 2.05) is 0 Å². The fraction of sp³-hybridized carbons (Fsp3) is 0.435. The first-order valence-corrected chi connectivity index (χ1v) is 9.56. The maximum absolute atomic E-state index is 13.3. The Morgan fingerprint density at radius 2 is 1.48 bits per heavy atom. The highest BCUT2D eigenvalue weighted by Crippen LogP contribution is 2.43. The highest BCUT2D eigenvalue weighted by Gasteiger charge is 2.50. The van der Waals surface area contributed by atoms with Gasteiger partial charge in [-0.05, 0) is 36.4 Å². The van der Waals surface area contributed by atoms with Crippen LogP contribution in [0.4, 0.5) is 0 Å². The summed E-state index contributed by atoms with van der Waals surface area (Å²) in [6, 6.07) is 21.7. The monoisotopic (exact) mass is 333 g/mol. The first-order chi connectivity index (χ1) is 12.2. The van der Waals surface area contributed by atoms with Crippen LogP contribution in [-0.4, -0.2) is 29.3 Å². The molecule has 2 nitrogen and oxygen atoms in total. The van der Waals surface area contributed by atoms with Crippen molar-refractivity contribution in [3.63, 3.8) is 0 Å². The van der Waals surface area contributed by atoms with E-state index in [1.54, 1.807) is 0 Å². The zero-order valence-corrected chi connectivity index (χ0v) is 15.1. The van der Waals surface area contributed by atoms with Gasteiger partial charge in [0.25, 0.3) is 0 Å². The quantitative estimate of drug-likeness (QED) is 0.821. The van der Waals surface area contributed by atoms with Crippen LogP contribution in [0, 0.1) is 11.8 Å². The second-order valence-corrected chi connectivity index (χ2v) is 7.92. The van der Waals surface area contributed by atoms with Crippen molar-refractivity contribution in [1.82, 2.24) is 4.90 Å². The molecule has 4 atom stereocenters. The van der Waals surface area contributed by atoms with Crippen LogP contribution in [0.1, 0.15) is 43.7 Å². The molecule has 3 saturated heterocycles. The Kier molecular flexibility index (Phi) is 4.47. The van der Waals surface area contributed by atoms with Gasteiger partial charge in [-0.2, -0.15) is 0 Å². The Hall–Kier alpha value is -1.93. The molecular weight excluding hydrogens is 306 g/mol. The average molecular weight is 333 g/mol. The van der Waals surface area contributed by atoms with E-state index in [1.165, 1.54) is 11.1 Å². The summed E-state index contributed by atoms with van der Waals surface area (Å²) in [5.41, 5.74) is 2.50. The number of ketones is 1. The summed E-state index contributed by atoms with van der Waals surface area (Å²) in [7, 11) is 0. The SMILES string of the molecule is CC(C)C1CC2CCN1C(C(c1ccccc1)c1ccccc1)C2=O. The highest BCUT2D eigenvalue weighted by molar-refractivity contribution is 5.89. The maximum Gasteiger partial charge on any atom is 0.154 e. The molecule has 3 heterocycles. The molecular formula is C23H27NO. The van der Waals surface area contributed by atoms with Gasteiger partial charge in [0.1, 0.15) is 0 Å². The van der Waals surface area contributed by atoms with Crippen LogP contribution in [-0.2, 0) is 4.79 Å². The summed E-state index contributed by atoms with van der Waals surface area (Å²) >= 11 is 0. The fourth-order valence-corrected chi connectivity index (χ4v) is 4.91. The van der Waals surface area contributed by atoms with Crippen molar-refractivity contribution in [2.45, 2.75) is 44.7 Å². The van der Waals surface area contributed by atoms with E-state index in [-0.39, 0.29) is 17.9 Å². The van der Waals surface area contributed by atoms with Crippen LogP contribution in [0.25, 0.3) is 0 Å². The summed E-state index contributed by atoms with van der Waals surface area (Å²) in [6.45, 7) is 5.65. The summed E-state index contributed by atoms with van der Waals surface area (Å²) < 4.78 is 0. The van der Waals surface area contributed by atoms with E-state index in [0.29, 0.717) is 17.7 Å². The molecule has 3 aliphatic rings. The topological polar surface area (TPSA) is 20.3 Å². The third-order valence-electron chi connectivity index (χ3n) is 6.14. The molecule has 4 unspecified atom stereocenters. The number of nitrogens with zero attached hydrogens (tertiary/aromatic N) is 1. The van der Waals surface area contributed by atoms with Crippen LogP contribution in [0.5, 0.6) is 0 Å². The Balaban J connectivity index is 1.80. The minimum Gasteiger partial charge on any atom is -0.298 e. The maximum atomic E-state index is 13.3. The standard InChI is InChI=1S/C23H27NO/c1-16(2)20-15-19-13-14-24(20)22(23(19)25)21(17-9-5-3-6-10-17)18-11-7-4-8-12-18/h3-12,16,19-22H,13-15H2,1-2H3. The molecule has 3 fully saturated rings. The van der Waals surface area contributed by atoms with Gasteiger partial charge in [0.2, 0.25) is 0 Å². The smallest absolute Gasteiger partial charge is 0.154 e. The van der Waals surface area contributed by atoms with Gasteiger partial charge in [-0.3, -0.25) is 9.69 Å². The molecule has 0 spiro atoms. The number of carbonyl (C=O) groups excluding carboxylic acids is 1. The molecule has 2 aromatic rings. The molecule has 2 bridgehead atoms. The minimum absolute atomic E-state index is 0.0234.